The summed E-state index contributed by atoms with van der Waals surface area (Å²) in [6.45, 7) is 10.6. The summed E-state index contributed by atoms with van der Waals surface area (Å²) < 4.78 is 4.60. The van der Waals surface area contributed by atoms with Crippen LogP contribution in [0, 0.1) is 0 Å². The lowest BCUT2D eigenvalue weighted by atomic mass is 10.0. The molecular weight excluding hydrogens is 543 g/mol. The lowest BCUT2D eigenvalue weighted by molar-refractivity contribution is 0.950. The summed E-state index contributed by atoms with van der Waals surface area (Å²) in [5.74, 6) is 0.926. The van der Waals surface area contributed by atoms with Crippen molar-refractivity contribution >= 4 is 66.9 Å². The Hall–Kier alpha value is -4.27. The van der Waals surface area contributed by atoms with Crippen molar-refractivity contribution in [2.45, 2.75) is 52.9 Å². The number of aliphatic imine (C=N–C) groups is 1. The van der Waals surface area contributed by atoms with E-state index in [0.29, 0.717) is 0 Å². The Morgan fingerprint density at radius 2 is 1.84 bits per heavy atom. The highest BCUT2D eigenvalue weighted by molar-refractivity contribution is 6.92. The molecule has 0 bridgehead atoms. The Morgan fingerprint density at radius 1 is 1.00 bits per heavy atom. The van der Waals surface area contributed by atoms with Gasteiger partial charge in [-0.1, -0.05) is 60.7 Å². The van der Waals surface area contributed by atoms with Gasteiger partial charge in [-0.3, -0.25) is 9.13 Å². The third-order valence-corrected chi connectivity index (χ3v) is 8.39. The molecule has 43 heavy (non-hydrogen) atoms. The third kappa shape index (κ3) is 5.85. The Labute approximate surface area is 257 Å². The van der Waals surface area contributed by atoms with Crippen LogP contribution >= 0.6 is 9.90 Å². The van der Waals surface area contributed by atoms with Gasteiger partial charge in [-0.15, -0.1) is 0 Å². The van der Waals surface area contributed by atoms with Crippen molar-refractivity contribution in [3.63, 3.8) is 0 Å². The van der Waals surface area contributed by atoms with Crippen LogP contribution < -0.4 is 10.6 Å². The summed E-state index contributed by atoms with van der Waals surface area (Å²) in [6, 6.07) is 15.0. The first-order valence-electron chi connectivity index (χ1n) is 14.9. The number of para-hydroxylation sites is 1. The number of fused-ring (bicyclic) bond motifs is 4. The normalized spacial score (nSPS) is 16.2. The van der Waals surface area contributed by atoms with E-state index in [1.54, 1.807) is 0 Å². The number of benzene rings is 1. The first-order chi connectivity index (χ1) is 20.6. The average molecular weight is 585 g/mol. The molecule has 0 amide bonds. The predicted octanol–water partition coefficient (Wildman–Crippen LogP) is 8.70. The van der Waals surface area contributed by atoms with Gasteiger partial charge in [-0.05, 0) is 107 Å². The van der Waals surface area contributed by atoms with Crippen molar-refractivity contribution in [2.24, 2.45) is 4.99 Å². The van der Waals surface area contributed by atoms with E-state index in [9.17, 15) is 0 Å². The summed E-state index contributed by atoms with van der Waals surface area (Å²) in [5.41, 5.74) is 8.66. The number of hydrogen-bond donors (Lipinski definition) is 0. The molecule has 0 fully saturated rings. The molecule has 1 aromatic carbocycles. The SMILES string of the molecule is C=C/C(=C\C=C(/C)C1=CCC=C(n2c3ccccc3c3cccnc32)CC1)n1c(/N=C\C=C/C)cc2c1=CCCC=2C.P. The van der Waals surface area contributed by atoms with E-state index in [-0.39, 0.29) is 9.90 Å². The predicted molar refractivity (Wildman–Crippen MR) is 192 cm³/mol. The number of hydrogen-bond acceptors (Lipinski definition) is 2. The van der Waals surface area contributed by atoms with E-state index in [1.165, 1.54) is 49.3 Å². The summed E-state index contributed by atoms with van der Waals surface area (Å²) in [7, 11) is 0. The Kier molecular flexibility index (Phi) is 9.38. The summed E-state index contributed by atoms with van der Waals surface area (Å²) in [5, 5.41) is 4.96. The first kappa shape index (κ1) is 30.2. The highest BCUT2D eigenvalue weighted by atomic mass is 31.0. The molecule has 1 unspecified atom stereocenters. The van der Waals surface area contributed by atoms with Gasteiger partial charge < -0.3 is 0 Å². The molecule has 0 aliphatic heterocycles. The molecule has 0 radical (unpaired) electrons. The summed E-state index contributed by atoms with van der Waals surface area (Å²) in [4.78, 5) is 9.58. The maximum Gasteiger partial charge on any atom is 0.145 e. The zero-order valence-corrected chi connectivity index (χ0v) is 27.0. The van der Waals surface area contributed by atoms with E-state index < -0.39 is 0 Å². The highest BCUT2D eigenvalue weighted by Gasteiger charge is 2.16. The van der Waals surface area contributed by atoms with Crippen molar-refractivity contribution in [2.75, 3.05) is 0 Å². The fraction of sp³-hybridized carbons (Fsp3) is 0.211. The van der Waals surface area contributed by atoms with Crippen LogP contribution in [0.25, 0.3) is 45.0 Å². The largest absolute Gasteiger partial charge is 0.298 e. The molecule has 4 aromatic rings. The van der Waals surface area contributed by atoms with E-state index >= 15 is 0 Å². The van der Waals surface area contributed by atoms with Crippen LogP contribution in [0.1, 0.15) is 52.9 Å². The van der Waals surface area contributed by atoms with Crippen LogP contribution in [0.3, 0.4) is 0 Å². The van der Waals surface area contributed by atoms with Crippen molar-refractivity contribution in [3.8, 4) is 0 Å². The fourth-order valence-corrected chi connectivity index (χ4v) is 6.19. The van der Waals surface area contributed by atoms with Gasteiger partial charge in [0.15, 0.2) is 0 Å². The molecule has 218 valence electrons. The van der Waals surface area contributed by atoms with Crippen LogP contribution in [-0.2, 0) is 0 Å². The Morgan fingerprint density at radius 3 is 2.67 bits per heavy atom. The zero-order chi connectivity index (χ0) is 29.1. The van der Waals surface area contributed by atoms with Gasteiger partial charge in [0.05, 0.1) is 10.9 Å². The maximum atomic E-state index is 4.79. The van der Waals surface area contributed by atoms with Crippen molar-refractivity contribution in [1.29, 1.82) is 0 Å². The van der Waals surface area contributed by atoms with Gasteiger partial charge in [0.2, 0.25) is 0 Å². The van der Waals surface area contributed by atoms with E-state index in [4.69, 9.17) is 9.98 Å². The minimum atomic E-state index is 0. The topological polar surface area (TPSA) is 35.1 Å². The summed E-state index contributed by atoms with van der Waals surface area (Å²) >= 11 is 0. The second-order valence-corrected chi connectivity index (χ2v) is 11.0. The highest BCUT2D eigenvalue weighted by Crippen LogP contribution is 2.34. The zero-order valence-electron chi connectivity index (χ0n) is 25.6. The lowest BCUT2D eigenvalue weighted by Gasteiger charge is -2.12. The Balaban J connectivity index is 0.00000368. The van der Waals surface area contributed by atoms with Gasteiger partial charge in [0, 0.05) is 39.8 Å². The second kappa shape index (κ2) is 13.4. The van der Waals surface area contributed by atoms with Crippen LogP contribution in [0.5, 0.6) is 0 Å². The van der Waals surface area contributed by atoms with Crippen molar-refractivity contribution < 1.29 is 0 Å². The molecule has 5 heteroatoms. The van der Waals surface area contributed by atoms with Gasteiger partial charge in [0.1, 0.15) is 11.5 Å². The number of allylic oxidation sites excluding steroid dienone is 11. The van der Waals surface area contributed by atoms with Gasteiger partial charge >= 0.3 is 0 Å². The molecule has 4 nitrogen and oxygen atoms in total. The summed E-state index contributed by atoms with van der Waals surface area (Å²) in [6.07, 6.45) is 26.1. The maximum absolute atomic E-state index is 4.79. The smallest absolute Gasteiger partial charge is 0.145 e. The van der Waals surface area contributed by atoms with E-state index in [0.717, 1.165) is 49.3 Å². The molecule has 0 saturated heterocycles. The quantitative estimate of drug-likeness (QED) is 0.122. The molecule has 0 N–H and O–H groups in total. The fourth-order valence-electron chi connectivity index (χ4n) is 6.19. The minimum Gasteiger partial charge on any atom is -0.298 e. The van der Waals surface area contributed by atoms with Crippen molar-refractivity contribution in [1.82, 2.24) is 14.1 Å². The van der Waals surface area contributed by atoms with E-state index in [1.807, 2.05) is 43.6 Å². The molecule has 3 heterocycles. The minimum absolute atomic E-state index is 0. The molecule has 0 saturated carbocycles. The molecular formula is C38H41N4P. The van der Waals surface area contributed by atoms with Crippen LogP contribution in [0.2, 0.25) is 0 Å². The van der Waals surface area contributed by atoms with Crippen LogP contribution in [-0.4, -0.2) is 20.3 Å². The van der Waals surface area contributed by atoms with Crippen molar-refractivity contribution in [3.05, 3.63) is 119 Å². The number of nitrogens with zero attached hydrogens (tertiary/aromatic N) is 4. The van der Waals surface area contributed by atoms with Gasteiger partial charge in [0.25, 0.3) is 0 Å². The van der Waals surface area contributed by atoms with Crippen LogP contribution in [0.15, 0.2) is 114 Å². The van der Waals surface area contributed by atoms with Crippen LogP contribution in [0.4, 0.5) is 5.82 Å². The number of rotatable bonds is 7. The molecule has 2 aliphatic rings. The number of pyridine rings is 1. The standard InChI is InChI=1S/C38H38N4.H3P/c1-5-7-24-39-37-26-34-28(4)13-10-19-36(34)41(37)30(6-2)22-20-27(3)29-14-11-15-31(23-21-29)42-35-18-9-8-16-32(35)33-17-12-25-40-38(33)42;/h5-9,12,14-20,22,24-26H,2,10-11,13,21,23H2,1,3-4H3;1H3/b7-5-,27-20+,30-22+,39-24-;. The average Bonchev–Trinajstić information content (AvgIpc) is 3.44. The lowest BCUT2D eigenvalue weighted by Crippen LogP contribution is -2.31. The van der Waals surface area contributed by atoms with Gasteiger partial charge in [-0.25, -0.2) is 9.98 Å². The molecule has 3 aromatic heterocycles. The molecule has 2 aliphatic carbocycles. The second-order valence-electron chi connectivity index (χ2n) is 11.0. The molecule has 6 rings (SSSR count). The first-order valence-corrected chi connectivity index (χ1v) is 14.9. The molecule has 0 spiro atoms. The third-order valence-electron chi connectivity index (χ3n) is 8.39. The Bertz CT molecular complexity index is 1950. The number of aromatic nitrogens is 3. The van der Waals surface area contributed by atoms with Gasteiger partial charge in [-0.2, -0.15) is 9.90 Å². The monoisotopic (exact) mass is 584 g/mol. The van der Waals surface area contributed by atoms with E-state index in [2.05, 4.69) is 96.3 Å². The molecule has 1 atom stereocenters.